The smallest absolute Gasteiger partial charge is 0.308 e. The summed E-state index contributed by atoms with van der Waals surface area (Å²) in [4.78, 5) is 12.3. The lowest BCUT2D eigenvalue weighted by Gasteiger charge is -2.12. The van der Waals surface area contributed by atoms with Crippen molar-refractivity contribution in [3.8, 4) is 0 Å². The molecule has 0 aliphatic carbocycles. The van der Waals surface area contributed by atoms with E-state index < -0.39 is 16.1 Å². The van der Waals surface area contributed by atoms with Gasteiger partial charge < -0.3 is 10.6 Å². The molecule has 3 N–H and O–H groups in total. The number of urea groups is 1. The largest absolute Gasteiger partial charge is 0.323 e. The van der Waals surface area contributed by atoms with Gasteiger partial charge in [0, 0.05) is 11.4 Å². The predicted octanol–water partition coefficient (Wildman–Crippen LogP) is 4.75. The number of carbonyl (C=O) groups is 1. The second-order valence-electron chi connectivity index (χ2n) is 6.38. The first-order chi connectivity index (χ1) is 13.3. The Hall–Kier alpha value is -3.32. The first kappa shape index (κ1) is 19.4. The normalized spacial score (nSPS) is 10.9. The van der Waals surface area contributed by atoms with Crippen LogP contribution in [0.1, 0.15) is 11.1 Å². The number of rotatable bonds is 5. The number of benzene rings is 3. The Kier molecular flexibility index (Phi) is 5.65. The van der Waals surface area contributed by atoms with Crippen LogP contribution in [0.25, 0.3) is 0 Å². The molecule has 28 heavy (non-hydrogen) atoms. The average Bonchev–Trinajstić information content (AvgIpc) is 2.64. The van der Waals surface area contributed by atoms with Gasteiger partial charge in [0.1, 0.15) is 0 Å². The van der Waals surface area contributed by atoms with Crippen molar-refractivity contribution in [3.05, 3.63) is 83.9 Å². The van der Waals surface area contributed by atoms with E-state index in [9.17, 15) is 13.2 Å². The van der Waals surface area contributed by atoms with E-state index in [0.717, 1.165) is 11.1 Å². The van der Waals surface area contributed by atoms with Crippen LogP contribution in [0, 0.1) is 13.8 Å². The molecule has 3 aromatic carbocycles. The van der Waals surface area contributed by atoms with Crippen LogP contribution in [0.2, 0.25) is 0 Å². The number of amides is 2. The average molecular weight is 395 g/mol. The molecule has 0 aliphatic heterocycles. The van der Waals surface area contributed by atoms with Gasteiger partial charge >= 0.3 is 6.03 Å². The van der Waals surface area contributed by atoms with E-state index >= 15 is 0 Å². The Morgan fingerprint density at radius 3 is 2.07 bits per heavy atom. The maximum atomic E-state index is 12.6. The highest BCUT2D eigenvalue weighted by molar-refractivity contribution is 7.92. The summed E-state index contributed by atoms with van der Waals surface area (Å²) in [5.41, 5.74) is 3.40. The summed E-state index contributed by atoms with van der Waals surface area (Å²) in [6.07, 6.45) is 0. The van der Waals surface area contributed by atoms with E-state index in [1.165, 1.54) is 0 Å². The molecule has 3 aromatic rings. The first-order valence-corrected chi connectivity index (χ1v) is 10.1. The fraction of sp³-hybridized carbons (Fsp3) is 0.0952. The maximum absolute atomic E-state index is 12.6. The molecule has 144 valence electrons. The van der Waals surface area contributed by atoms with Crippen LogP contribution in [0.5, 0.6) is 0 Å². The van der Waals surface area contributed by atoms with Crippen molar-refractivity contribution in [1.82, 2.24) is 0 Å². The Bertz CT molecular complexity index is 1100. The standard InChI is InChI=1S/C21H21N3O3S/c1-15-11-12-20(13-16(15)2)28(26,27)24-19-10-6-9-18(14-19)23-21(25)22-17-7-4-3-5-8-17/h3-14,24H,1-2H3,(H2,22,23,25). The molecule has 0 atom stereocenters. The summed E-state index contributed by atoms with van der Waals surface area (Å²) in [6, 6.07) is 20.1. The third-order valence-electron chi connectivity index (χ3n) is 4.19. The summed E-state index contributed by atoms with van der Waals surface area (Å²) in [7, 11) is -3.72. The van der Waals surface area contributed by atoms with Crippen molar-refractivity contribution in [3.63, 3.8) is 0 Å². The molecule has 7 heteroatoms. The summed E-state index contributed by atoms with van der Waals surface area (Å²) in [5, 5.41) is 5.39. The lowest BCUT2D eigenvalue weighted by atomic mass is 10.1. The predicted molar refractivity (Wildman–Crippen MR) is 112 cm³/mol. The third-order valence-corrected chi connectivity index (χ3v) is 5.57. The lowest BCUT2D eigenvalue weighted by Crippen LogP contribution is -2.19. The second kappa shape index (κ2) is 8.14. The van der Waals surface area contributed by atoms with Gasteiger partial charge in [-0.05, 0) is 67.4 Å². The summed E-state index contributed by atoms with van der Waals surface area (Å²) >= 11 is 0. The van der Waals surface area contributed by atoms with Gasteiger partial charge in [-0.15, -0.1) is 0 Å². The van der Waals surface area contributed by atoms with Crippen LogP contribution >= 0.6 is 0 Å². The van der Waals surface area contributed by atoms with Gasteiger partial charge in [0.05, 0.1) is 10.6 Å². The summed E-state index contributed by atoms with van der Waals surface area (Å²) in [5.74, 6) is 0. The molecule has 0 radical (unpaired) electrons. The molecule has 0 spiro atoms. The van der Waals surface area contributed by atoms with Crippen LogP contribution in [-0.4, -0.2) is 14.4 Å². The minimum Gasteiger partial charge on any atom is -0.308 e. The second-order valence-corrected chi connectivity index (χ2v) is 8.06. The Labute approximate surface area is 164 Å². The molecule has 0 bridgehead atoms. The van der Waals surface area contributed by atoms with Crippen molar-refractivity contribution >= 4 is 33.1 Å². The van der Waals surface area contributed by atoms with Gasteiger partial charge in [-0.1, -0.05) is 30.3 Å². The molecule has 0 aromatic heterocycles. The van der Waals surface area contributed by atoms with Crippen LogP contribution in [0.4, 0.5) is 21.9 Å². The van der Waals surface area contributed by atoms with Gasteiger partial charge in [-0.3, -0.25) is 4.72 Å². The van der Waals surface area contributed by atoms with Crippen LogP contribution < -0.4 is 15.4 Å². The number of hydrogen-bond acceptors (Lipinski definition) is 3. The zero-order valence-electron chi connectivity index (χ0n) is 15.6. The molecule has 0 aliphatic rings. The molecule has 0 fully saturated rings. The third kappa shape index (κ3) is 4.89. The van der Waals surface area contributed by atoms with Crippen LogP contribution in [0.3, 0.4) is 0 Å². The van der Waals surface area contributed by atoms with Gasteiger partial charge in [-0.2, -0.15) is 0 Å². The Balaban J connectivity index is 1.72. The van der Waals surface area contributed by atoms with E-state index in [2.05, 4.69) is 15.4 Å². The van der Waals surface area contributed by atoms with Crippen LogP contribution in [-0.2, 0) is 10.0 Å². The number of aryl methyl sites for hydroxylation is 2. The van der Waals surface area contributed by atoms with Crippen molar-refractivity contribution in [2.45, 2.75) is 18.7 Å². The first-order valence-electron chi connectivity index (χ1n) is 8.67. The molecule has 3 rings (SSSR count). The number of carbonyl (C=O) groups excluding carboxylic acids is 1. The number of sulfonamides is 1. The highest BCUT2D eigenvalue weighted by atomic mass is 32.2. The fourth-order valence-electron chi connectivity index (χ4n) is 2.57. The zero-order valence-corrected chi connectivity index (χ0v) is 16.4. The van der Waals surface area contributed by atoms with E-state index in [1.807, 2.05) is 32.0 Å². The summed E-state index contributed by atoms with van der Waals surface area (Å²) in [6.45, 7) is 3.79. The number of para-hydroxylation sites is 1. The molecule has 6 nitrogen and oxygen atoms in total. The SMILES string of the molecule is Cc1ccc(S(=O)(=O)Nc2cccc(NC(=O)Nc3ccccc3)c2)cc1C. The van der Waals surface area contributed by atoms with Gasteiger partial charge in [0.2, 0.25) is 0 Å². The lowest BCUT2D eigenvalue weighted by molar-refractivity contribution is 0.262. The van der Waals surface area contributed by atoms with E-state index in [1.54, 1.807) is 54.6 Å². The van der Waals surface area contributed by atoms with Gasteiger partial charge in [0.15, 0.2) is 0 Å². The van der Waals surface area contributed by atoms with E-state index in [-0.39, 0.29) is 4.90 Å². The number of nitrogens with one attached hydrogen (secondary N) is 3. The topological polar surface area (TPSA) is 87.3 Å². The summed E-state index contributed by atoms with van der Waals surface area (Å²) < 4.78 is 27.8. The minimum absolute atomic E-state index is 0.191. The highest BCUT2D eigenvalue weighted by Gasteiger charge is 2.15. The Morgan fingerprint density at radius 2 is 1.36 bits per heavy atom. The van der Waals surface area contributed by atoms with Crippen molar-refractivity contribution < 1.29 is 13.2 Å². The molecule has 0 saturated carbocycles. The monoisotopic (exact) mass is 395 g/mol. The molecule has 0 saturated heterocycles. The van der Waals surface area contributed by atoms with Gasteiger partial charge in [-0.25, -0.2) is 13.2 Å². The van der Waals surface area contributed by atoms with Crippen molar-refractivity contribution in [2.24, 2.45) is 0 Å². The quantitative estimate of drug-likeness (QED) is 0.583. The maximum Gasteiger partial charge on any atom is 0.323 e. The minimum atomic E-state index is -3.72. The molecule has 0 unspecified atom stereocenters. The van der Waals surface area contributed by atoms with Gasteiger partial charge in [0.25, 0.3) is 10.0 Å². The van der Waals surface area contributed by atoms with E-state index in [4.69, 9.17) is 0 Å². The van der Waals surface area contributed by atoms with Crippen molar-refractivity contribution in [2.75, 3.05) is 15.4 Å². The highest BCUT2D eigenvalue weighted by Crippen LogP contribution is 2.21. The number of anilines is 3. The zero-order chi connectivity index (χ0) is 20.1. The van der Waals surface area contributed by atoms with Crippen LogP contribution in [0.15, 0.2) is 77.7 Å². The Morgan fingerprint density at radius 1 is 0.714 bits per heavy atom. The molecular formula is C21H21N3O3S. The molecule has 0 heterocycles. The van der Waals surface area contributed by atoms with Crippen molar-refractivity contribution in [1.29, 1.82) is 0 Å². The van der Waals surface area contributed by atoms with E-state index in [0.29, 0.717) is 17.1 Å². The number of hydrogen-bond donors (Lipinski definition) is 3. The molecular weight excluding hydrogens is 374 g/mol. The molecule has 2 amide bonds. The fourth-order valence-corrected chi connectivity index (χ4v) is 3.70.